The van der Waals surface area contributed by atoms with Gasteiger partial charge in [0.05, 0.1) is 17.5 Å². The van der Waals surface area contributed by atoms with Gasteiger partial charge in [-0.3, -0.25) is 9.36 Å². The highest BCUT2D eigenvalue weighted by atomic mass is 32.2. The number of carbonyl (C=O) groups is 1. The molecule has 0 saturated heterocycles. The van der Waals surface area contributed by atoms with Gasteiger partial charge in [-0.25, -0.2) is 0 Å². The predicted molar refractivity (Wildman–Crippen MR) is 117 cm³/mol. The fraction of sp³-hybridized carbons (Fsp3) is 0.174. The van der Waals surface area contributed by atoms with E-state index in [0.717, 1.165) is 16.8 Å². The summed E-state index contributed by atoms with van der Waals surface area (Å²) >= 11 is 1.38. The summed E-state index contributed by atoms with van der Waals surface area (Å²) in [6.45, 7) is 4.05. The second-order valence-corrected chi connectivity index (χ2v) is 7.90. The molecule has 0 bridgehead atoms. The number of hydrogen-bond donors (Lipinski definition) is 1. The Morgan fingerprint density at radius 3 is 2.66 bits per heavy atom. The van der Waals surface area contributed by atoms with Gasteiger partial charge in [0.1, 0.15) is 6.33 Å². The maximum Gasteiger partial charge on any atom is 0.230 e. The van der Waals surface area contributed by atoms with Gasteiger partial charge in [-0.2, -0.15) is 0 Å². The summed E-state index contributed by atoms with van der Waals surface area (Å²) in [5.41, 5.74) is 3.23. The zero-order chi connectivity index (χ0) is 20.2. The largest absolute Gasteiger partial charge is 0.349 e. The van der Waals surface area contributed by atoms with Crippen molar-refractivity contribution >= 4 is 28.4 Å². The third-order valence-corrected chi connectivity index (χ3v) is 5.82. The van der Waals surface area contributed by atoms with Crippen molar-refractivity contribution < 1.29 is 4.79 Å². The monoisotopic (exact) mass is 402 g/mol. The smallest absolute Gasteiger partial charge is 0.230 e. The van der Waals surface area contributed by atoms with Gasteiger partial charge in [0.2, 0.25) is 5.91 Å². The minimum Gasteiger partial charge on any atom is -0.349 e. The van der Waals surface area contributed by atoms with Gasteiger partial charge in [-0.1, -0.05) is 66.4 Å². The van der Waals surface area contributed by atoms with Crippen LogP contribution in [0.2, 0.25) is 0 Å². The minimum atomic E-state index is -0.0676. The van der Waals surface area contributed by atoms with Crippen LogP contribution in [0.3, 0.4) is 0 Å². The molecule has 0 spiro atoms. The minimum absolute atomic E-state index is 0.0324. The molecule has 3 aromatic carbocycles. The van der Waals surface area contributed by atoms with E-state index in [4.69, 9.17) is 0 Å². The molecule has 6 heteroatoms. The molecule has 1 amide bonds. The number of fused-ring (bicyclic) bond motifs is 1. The second kappa shape index (κ2) is 8.49. The summed E-state index contributed by atoms with van der Waals surface area (Å²) in [5, 5.41) is 14.3. The van der Waals surface area contributed by atoms with E-state index in [-0.39, 0.29) is 17.7 Å². The number of carbonyl (C=O) groups excluding carboxylic acids is 1. The zero-order valence-electron chi connectivity index (χ0n) is 16.4. The van der Waals surface area contributed by atoms with Gasteiger partial charge in [0.15, 0.2) is 5.16 Å². The molecule has 4 rings (SSSR count). The Morgan fingerprint density at radius 1 is 1.07 bits per heavy atom. The SMILES string of the molecule is Cc1ccccc1-n1cnnc1SCC(=O)NC(C)c1ccc2ccccc2c1. The first kappa shape index (κ1) is 19.2. The highest BCUT2D eigenvalue weighted by Crippen LogP contribution is 2.23. The van der Waals surface area contributed by atoms with Crippen LogP contribution in [-0.2, 0) is 4.79 Å². The van der Waals surface area contributed by atoms with Crippen LogP contribution in [0.15, 0.2) is 78.2 Å². The molecule has 0 saturated carbocycles. The summed E-state index contributed by atoms with van der Waals surface area (Å²) in [7, 11) is 0. The van der Waals surface area contributed by atoms with E-state index in [1.807, 2.05) is 54.8 Å². The van der Waals surface area contributed by atoms with Crippen molar-refractivity contribution in [2.24, 2.45) is 0 Å². The van der Waals surface area contributed by atoms with Crippen LogP contribution >= 0.6 is 11.8 Å². The Labute approximate surface area is 174 Å². The standard InChI is InChI=1S/C23H22N4OS/c1-16-7-3-6-10-21(16)27-15-24-26-23(27)29-14-22(28)25-17(2)19-12-11-18-8-4-5-9-20(18)13-19/h3-13,15,17H,14H2,1-2H3,(H,25,28). The number of nitrogens with zero attached hydrogens (tertiary/aromatic N) is 3. The van der Waals surface area contributed by atoms with Gasteiger partial charge in [0, 0.05) is 0 Å². The van der Waals surface area contributed by atoms with E-state index in [9.17, 15) is 4.79 Å². The zero-order valence-corrected chi connectivity index (χ0v) is 17.2. The van der Waals surface area contributed by atoms with Crippen LogP contribution in [0.25, 0.3) is 16.5 Å². The van der Waals surface area contributed by atoms with E-state index in [1.54, 1.807) is 6.33 Å². The third-order valence-electron chi connectivity index (χ3n) is 4.87. The molecule has 0 aliphatic carbocycles. The summed E-state index contributed by atoms with van der Waals surface area (Å²) in [4.78, 5) is 12.5. The molecular weight excluding hydrogens is 380 g/mol. The lowest BCUT2D eigenvalue weighted by atomic mass is 10.0. The Bertz CT molecular complexity index is 1150. The van der Waals surface area contributed by atoms with Gasteiger partial charge in [-0.15, -0.1) is 10.2 Å². The number of thioether (sulfide) groups is 1. The number of benzene rings is 3. The fourth-order valence-corrected chi connectivity index (χ4v) is 4.03. The van der Waals surface area contributed by atoms with Crippen LogP contribution in [-0.4, -0.2) is 26.4 Å². The molecular formula is C23H22N4OS. The number of nitrogens with one attached hydrogen (secondary N) is 1. The molecule has 146 valence electrons. The summed E-state index contributed by atoms with van der Waals surface area (Å²) in [5.74, 6) is 0.248. The first-order valence-corrected chi connectivity index (χ1v) is 10.5. The molecule has 5 nitrogen and oxygen atoms in total. The summed E-state index contributed by atoms with van der Waals surface area (Å²) in [6, 6.07) is 22.5. The van der Waals surface area contributed by atoms with Crippen molar-refractivity contribution in [3.05, 3.63) is 84.2 Å². The van der Waals surface area contributed by atoms with Crippen LogP contribution in [0.4, 0.5) is 0 Å². The molecule has 1 N–H and O–H groups in total. The Hall–Kier alpha value is -3.12. The predicted octanol–water partition coefficient (Wildman–Crippen LogP) is 4.70. The van der Waals surface area contributed by atoms with Crippen molar-refractivity contribution in [2.75, 3.05) is 5.75 Å². The number of aryl methyl sites for hydroxylation is 1. The van der Waals surface area contributed by atoms with Gasteiger partial charge < -0.3 is 5.32 Å². The van der Waals surface area contributed by atoms with Crippen LogP contribution in [0.5, 0.6) is 0 Å². The molecule has 1 atom stereocenters. The average molecular weight is 403 g/mol. The molecule has 1 aromatic heterocycles. The highest BCUT2D eigenvalue weighted by Gasteiger charge is 2.14. The number of aromatic nitrogens is 3. The van der Waals surface area contributed by atoms with E-state index in [0.29, 0.717) is 5.16 Å². The summed E-state index contributed by atoms with van der Waals surface area (Å²) in [6.07, 6.45) is 1.68. The number of rotatable bonds is 6. The van der Waals surface area contributed by atoms with E-state index >= 15 is 0 Å². The second-order valence-electron chi connectivity index (χ2n) is 6.95. The molecule has 0 radical (unpaired) electrons. The van der Waals surface area contributed by atoms with Crippen molar-refractivity contribution in [3.8, 4) is 5.69 Å². The van der Waals surface area contributed by atoms with Gasteiger partial charge in [-0.05, 0) is 47.9 Å². The maximum atomic E-state index is 12.5. The first-order valence-electron chi connectivity index (χ1n) is 9.49. The normalized spacial score (nSPS) is 12.1. The lowest BCUT2D eigenvalue weighted by Crippen LogP contribution is -2.28. The van der Waals surface area contributed by atoms with Crippen LogP contribution in [0.1, 0.15) is 24.1 Å². The Morgan fingerprint density at radius 2 is 1.83 bits per heavy atom. The quantitative estimate of drug-likeness (QED) is 0.475. The third kappa shape index (κ3) is 4.32. The van der Waals surface area contributed by atoms with E-state index < -0.39 is 0 Å². The number of amides is 1. The number of hydrogen-bond acceptors (Lipinski definition) is 4. The molecule has 4 aromatic rings. The maximum absolute atomic E-state index is 12.5. The highest BCUT2D eigenvalue weighted by molar-refractivity contribution is 7.99. The van der Waals surface area contributed by atoms with Crippen molar-refractivity contribution in [1.29, 1.82) is 0 Å². The molecule has 0 aliphatic rings. The first-order chi connectivity index (χ1) is 14.1. The van der Waals surface area contributed by atoms with Crippen molar-refractivity contribution in [1.82, 2.24) is 20.1 Å². The molecule has 1 heterocycles. The number of para-hydroxylation sites is 1. The van der Waals surface area contributed by atoms with Gasteiger partial charge in [0.25, 0.3) is 0 Å². The lowest BCUT2D eigenvalue weighted by Gasteiger charge is -2.15. The van der Waals surface area contributed by atoms with Crippen LogP contribution in [0, 0.1) is 6.92 Å². The van der Waals surface area contributed by atoms with E-state index in [2.05, 4.69) is 45.8 Å². The fourth-order valence-electron chi connectivity index (χ4n) is 3.30. The van der Waals surface area contributed by atoms with Crippen molar-refractivity contribution in [2.45, 2.75) is 25.0 Å². The molecule has 0 fully saturated rings. The van der Waals surface area contributed by atoms with Gasteiger partial charge >= 0.3 is 0 Å². The van der Waals surface area contributed by atoms with E-state index in [1.165, 1.54) is 22.5 Å². The topological polar surface area (TPSA) is 59.8 Å². The molecule has 1 unspecified atom stereocenters. The summed E-state index contributed by atoms with van der Waals surface area (Å²) < 4.78 is 1.92. The molecule has 0 aliphatic heterocycles. The average Bonchev–Trinajstić information content (AvgIpc) is 3.20. The Balaban J connectivity index is 1.40. The van der Waals surface area contributed by atoms with Crippen LogP contribution < -0.4 is 5.32 Å². The molecule has 29 heavy (non-hydrogen) atoms. The lowest BCUT2D eigenvalue weighted by molar-refractivity contribution is -0.119. The Kier molecular flexibility index (Phi) is 5.62. The van der Waals surface area contributed by atoms with Crippen molar-refractivity contribution in [3.63, 3.8) is 0 Å².